The minimum absolute atomic E-state index is 1.31. The summed E-state index contributed by atoms with van der Waals surface area (Å²) in [5.74, 6) is 1.35. The molecule has 0 aromatic carbocycles. The quantitative estimate of drug-likeness (QED) is 0.211. The zero-order valence-corrected chi connectivity index (χ0v) is 15.0. The summed E-state index contributed by atoms with van der Waals surface area (Å²) in [5.41, 5.74) is 0. The second-order valence-electron chi connectivity index (χ2n) is 5.93. The molecule has 0 heterocycles. The third-order valence-corrected chi connectivity index (χ3v) is 4.56. The fourth-order valence-electron chi connectivity index (χ4n) is 2.49. The van der Waals surface area contributed by atoms with Gasteiger partial charge >= 0.3 is 0 Å². The Morgan fingerprint density at radius 2 is 1.05 bits per heavy atom. The normalized spacial score (nSPS) is 11.5. The van der Waals surface area contributed by atoms with Gasteiger partial charge in [-0.1, -0.05) is 76.9 Å². The largest absolute Gasteiger partial charge is 0.165 e. The summed E-state index contributed by atoms with van der Waals surface area (Å²) in [5, 5.41) is 0. The zero-order valence-electron chi connectivity index (χ0n) is 14.2. The lowest BCUT2D eigenvalue weighted by Crippen LogP contribution is -1.82. The molecule has 0 fully saturated rings. The van der Waals surface area contributed by atoms with Crippen LogP contribution in [0.3, 0.4) is 0 Å². The Morgan fingerprint density at radius 3 is 1.55 bits per heavy atom. The molecule has 0 atom stereocenters. The first-order valence-electron chi connectivity index (χ1n) is 9.05. The van der Waals surface area contributed by atoms with Crippen molar-refractivity contribution in [3.63, 3.8) is 0 Å². The first kappa shape index (κ1) is 20.1. The van der Waals surface area contributed by atoms with Crippen molar-refractivity contribution in [3.8, 4) is 0 Å². The molecular formula is C19H38S. The van der Waals surface area contributed by atoms with Gasteiger partial charge in [-0.15, -0.1) is 0 Å². The molecule has 0 N–H and O–H groups in total. The Labute approximate surface area is 133 Å². The molecule has 20 heavy (non-hydrogen) atoms. The molecule has 0 unspecified atom stereocenters. The van der Waals surface area contributed by atoms with E-state index in [-0.39, 0.29) is 0 Å². The van der Waals surface area contributed by atoms with Gasteiger partial charge in [-0.25, -0.2) is 0 Å². The van der Waals surface area contributed by atoms with Crippen LogP contribution >= 0.6 is 11.8 Å². The van der Waals surface area contributed by atoms with E-state index in [1.807, 2.05) is 11.8 Å². The van der Waals surface area contributed by atoms with Crippen LogP contribution in [0, 0.1) is 0 Å². The summed E-state index contributed by atoms with van der Waals surface area (Å²) < 4.78 is 0. The van der Waals surface area contributed by atoms with E-state index in [1.54, 1.807) is 0 Å². The number of hydrogen-bond acceptors (Lipinski definition) is 1. The van der Waals surface area contributed by atoms with Gasteiger partial charge in [-0.2, -0.15) is 11.8 Å². The Bertz CT molecular complexity index is 186. The predicted octanol–water partition coefficient (Wildman–Crippen LogP) is 7.39. The van der Waals surface area contributed by atoms with E-state index in [9.17, 15) is 0 Å². The van der Waals surface area contributed by atoms with Crippen LogP contribution in [0.4, 0.5) is 0 Å². The van der Waals surface area contributed by atoms with Gasteiger partial charge in [0.05, 0.1) is 0 Å². The molecule has 0 amide bonds. The van der Waals surface area contributed by atoms with Gasteiger partial charge in [0.15, 0.2) is 0 Å². The lowest BCUT2D eigenvalue weighted by Gasteiger charge is -2.00. The molecule has 120 valence electrons. The molecule has 1 heteroatoms. The van der Waals surface area contributed by atoms with Gasteiger partial charge in [-0.3, -0.25) is 0 Å². The van der Waals surface area contributed by atoms with Gasteiger partial charge in [0, 0.05) is 0 Å². The highest BCUT2D eigenvalue weighted by atomic mass is 32.2. The third-order valence-electron chi connectivity index (χ3n) is 3.86. The first-order valence-corrected chi connectivity index (χ1v) is 10.4. The Balaban J connectivity index is 3.01. The third kappa shape index (κ3) is 18.1. The fraction of sp³-hybridized carbons (Fsp3) is 0.895. The van der Waals surface area contributed by atoms with Crippen molar-refractivity contribution >= 4 is 11.8 Å². The van der Waals surface area contributed by atoms with Crippen molar-refractivity contribution in [1.29, 1.82) is 0 Å². The van der Waals surface area contributed by atoms with E-state index < -0.39 is 0 Å². The summed E-state index contributed by atoms with van der Waals surface area (Å²) in [6.45, 7) is 2.28. The van der Waals surface area contributed by atoms with Gasteiger partial charge < -0.3 is 0 Å². The van der Waals surface area contributed by atoms with Crippen molar-refractivity contribution in [2.24, 2.45) is 0 Å². The number of unbranched alkanes of at least 4 members (excludes halogenated alkanes) is 12. The highest BCUT2D eigenvalue weighted by molar-refractivity contribution is 7.98. The Kier molecular flexibility index (Phi) is 19.2. The number of rotatable bonds is 16. The van der Waals surface area contributed by atoms with Crippen LogP contribution in [0.25, 0.3) is 0 Å². The first-order chi connectivity index (χ1) is 9.91. The molecule has 0 aromatic heterocycles. The molecule has 0 radical (unpaired) electrons. The monoisotopic (exact) mass is 298 g/mol. The van der Waals surface area contributed by atoms with Crippen LogP contribution < -0.4 is 0 Å². The zero-order chi connectivity index (χ0) is 14.7. The molecule has 0 aliphatic carbocycles. The maximum atomic E-state index is 2.42. The van der Waals surface area contributed by atoms with E-state index in [0.717, 1.165) is 0 Å². The maximum absolute atomic E-state index is 2.42. The molecule has 0 spiro atoms. The summed E-state index contributed by atoms with van der Waals surface area (Å²) in [4.78, 5) is 0. The maximum Gasteiger partial charge on any atom is -0.00703 e. The lowest BCUT2D eigenvalue weighted by molar-refractivity contribution is 0.607. The Hall–Kier alpha value is 0.0900. The van der Waals surface area contributed by atoms with Crippen LogP contribution in [0.2, 0.25) is 0 Å². The van der Waals surface area contributed by atoms with E-state index in [2.05, 4.69) is 25.3 Å². The van der Waals surface area contributed by atoms with E-state index in [0.29, 0.717) is 0 Å². The second kappa shape index (κ2) is 19.1. The summed E-state index contributed by atoms with van der Waals surface area (Å²) in [6, 6.07) is 0. The average Bonchev–Trinajstić information content (AvgIpc) is 2.47. The van der Waals surface area contributed by atoms with Gasteiger partial charge in [0.25, 0.3) is 0 Å². The van der Waals surface area contributed by atoms with Crippen LogP contribution in [-0.2, 0) is 0 Å². The average molecular weight is 299 g/mol. The Morgan fingerprint density at radius 1 is 0.600 bits per heavy atom. The minimum atomic E-state index is 1.31. The molecule has 0 bridgehead atoms. The van der Waals surface area contributed by atoms with Crippen molar-refractivity contribution in [2.75, 3.05) is 12.0 Å². The van der Waals surface area contributed by atoms with Gasteiger partial charge in [0.1, 0.15) is 0 Å². The molecule has 0 aliphatic rings. The lowest BCUT2D eigenvalue weighted by atomic mass is 10.1. The SMILES string of the molecule is CCCCCCCCC=CCCCCCCCCSC. The molecular weight excluding hydrogens is 260 g/mol. The second-order valence-corrected chi connectivity index (χ2v) is 6.92. The summed E-state index contributed by atoms with van der Waals surface area (Å²) in [6.07, 6.45) is 26.7. The standard InChI is InChI=1S/C19H38S/c1-3-4-5-6-7-8-9-10-11-12-13-14-15-16-17-18-19-20-2/h10-11H,3-9,12-19H2,1-2H3. The van der Waals surface area contributed by atoms with Crippen LogP contribution in [-0.4, -0.2) is 12.0 Å². The molecule has 0 saturated heterocycles. The van der Waals surface area contributed by atoms with E-state index in [1.165, 1.54) is 95.6 Å². The number of thioether (sulfide) groups is 1. The minimum Gasteiger partial charge on any atom is -0.165 e. The topological polar surface area (TPSA) is 0 Å². The summed E-state index contributed by atoms with van der Waals surface area (Å²) >= 11 is 1.98. The van der Waals surface area contributed by atoms with E-state index >= 15 is 0 Å². The smallest absolute Gasteiger partial charge is 0.00703 e. The fourth-order valence-corrected chi connectivity index (χ4v) is 2.99. The van der Waals surface area contributed by atoms with Crippen LogP contribution in [0.15, 0.2) is 12.2 Å². The van der Waals surface area contributed by atoms with Gasteiger partial charge in [-0.05, 0) is 44.1 Å². The number of allylic oxidation sites excluding steroid dienone is 2. The van der Waals surface area contributed by atoms with Crippen molar-refractivity contribution in [3.05, 3.63) is 12.2 Å². The molecule has 0 nitrogen and oxygen atoms in total. The highest BCUT2D eigenvalue weighted by Gasteiger charge is 1.91. The van der Waals surface area contributed by atoms with Gasteiger partial charge in [0.2, 0.25) is 0 Å². The molecule has 0 aliphatic heterocycles. The van der Waals surface area contributed by atoms with Crippen molar-refractivity contribution < 1.29 is 0 Å². The van der Waals surface area contributed by atoms with Crippen LogP contribution in [0.1, 0.15) is 96.8 Å². The summed E-state index contributed by atoms with van der Waals surface area (Å²) in [7, 11) is 0. The molecule has 0 rings (SSSR count). The van der Waals surface area contributed by atoms with E-state index in [4.69, 9.17) is 0 Å². The molecule has 0 saturated carbocycles. The highest BCUT2D eigenvalue weighted by Crippen LogP contribution is 2.10. The number of hydrogen-bond donors (Lipinski definition) is 0. The predicted molar refractivity (Wildman–Crippen MR) is 97.8 cm³/mol. The van der Waals surface area contributed by atoms with Crippen LogP contribution in [0.5, 0.6) is 0 Å². The molecule has 0 aromatic rings. The van der Waals surface area contributed by atoms with Crippen molar-refractivity contribution in [1.82, 2.24) is 0 Å². The van der Waals surface area contributed by atoms with Crippen molar-refractivity contribution in [2.45, 2.75) is 96.8 Å².